The highest BCUT2D eigenvalue weighted by atomic mass is 32.1. The molecule has 5 nitrogen and oxygen atoms in total. The second-order valence-electron chi connectivity index (χ2n) is 6.62. The van der Waals surface area contributed by atoms with E-state index in [4.69, 9.17) is 0 Å². The molecule has 4 rings (SSSR count). The van der Waals surface area contributed by atoms with Crippen LogP contribution in [0.15, 0.2) is 41.8 Å². The molecule has 0 unspecified atom stereocenters. The standard InChI is InChI=1S/C20H21N3O2S/c1-21-19(24)13-6-8-14(9-7-13)22-20(25)17-12-18-16(10-11-26-18)23(17)15-4-2-3-5-15/h6-12,15H,2-5H2,1H3,(H,21,24)(H,22,25). The Morgan fingerprint density at radius 3 is 2.50 bits per heavy atom. The van der Waals surface area contributed by atoms with Crippen molar-refractivity contribution in [3.63, 3.8) is 0 Å². The first-order valence-corrected chi connectivity index (χ1v) is 9.77. The molecule has 0 saturated heterocycles. The third kappa shape index (κ3) is 3.01. The zero-order valence-electron chi connectivity index (χ0n) is 14.6. The van der Waals surface area contributed by atoms with Gasteiger partial charge in [-0.25, -0.2) is 0 Å². The highest BCUT2D eigenvalue weighted by Gasteiger charge is 2.25. The third-order valence-electron chi connectivity index (χ3n) is 5.01. The van der Waals surface area contributed by atoms with E-state index in [1.807, 2.05) is 6.07 Å². The summed E-state index contributed by atoms with van der Waals surface area (Å²) in [6.45, 7) is 0. The van der Waals surface area contributed by atoms with Crippen molar-refractivity contribution >= 4 is 39.1 Å². The molecular weight excluding hydrogens is 346 g/mol. The summed E-state index contributed by atoms with van der Waals surface area (Å²) in [4.78, 5) is 24.6. The Hall–Kier alpha value is -2.60. The van der Waals surface area contributed by atoms with Gasteiger partial charge in [-0.2, -0.15) is 0 Å². The summed E-state index contributed by atoms with van der Waals surface area (Å²) in [7, 11) is 1.60. The summed E-state index contributed by atoms with van der Waals surface area (Å²) in [6, 6.07) is 11.4. The molecule has 0 radical (unpaired) electrons. The summed E-state index contributed by atoms with van der Waals surface area (Å²) in [6.07, 6.45) is 4.69. The summed E-state index contributed by atoms with van der Waals surface area (Å²) >= 11 is 1.67. The summed E-state index contributed by atoms with van der Waals surface area (Å²) in [5.41, 5.74) is 3.13. The van der Waals surface area contributed by atoms with Gasteiger partial charge in [-0.3, -0.25) is 9.59 Å². The average molecular weight is 367 g/mol. The number of benzene rings is 1. The number of carbonyl (C=O) groups is 2. The molecule has 0 aliphatic heterocycles. The second kappa shape index (κ2) is 6.96. The van der Waals surface area contributed by atoms with Crippen molar-refractivity contribution in [3.8, 4) is 0 Å². The molecule has 6 heteroatoms. The van der Waals surface area contributed by atoms with Crippen LogP contribution in [0.2, 0.25) is 0 Å². The Morgan fingerprint density at radius 2 is 1.81 bits per heavy atom. The Balaban J connectivity index is 1.61. The van der Waals surface area contributed by atoms with Crippen LogP contribution >= 0.6 is 11.3 Å². The fraction of sp³-hybridized carbons (Fsp3) is 0.300. The third-order valence-corrected chi connectivity index (χ3v) is 5.87. The van der Waals surface area contributed by atoms with E-state index in [2.05, 4.69) is 26.6 Å². The second-order valence-corrected chi connectivity index (χ2v) is 7.57. The van der Waals surface area contributed by atoms with E-state index in [1.165, 1.54) is 12.8 Å². The van der Waals surface area contributed by atoms with Crippen LogP contribution in [0.1, 0.15) is 52.6 Å². The summed E-state index contributed by atoms with van der Waals surface area (Å²) in [5.74, 6) is -0.244. The van der Waals surface area contributed by atoms with Crippen molar-refractivity contribution in [2.75, 3.05) is 12.4 Å². The van der Waals surface area contributed by atoms with Gasteiger partial charge in [0.25, 0.3) is 11.8 Å². The number of anilines is 1. The Labute approximate surface area is 156 Å². The summed E-state index contributed by atoms with van der Waals surface area (Å²) in [5, 5.41) is 7.64. The molecule has 2 amide bonds. The molecule has 1 fully saturated rings. The van der Waals surface area contributed by atoms with E-state index in [-0.39, 0.29) is 11.8 Å². The minimum atomic E-state index is -0.141. The molecule has 0 spiro atoms. The lowest BCUT2D eigenvalue weighted by Gasteiger charge is -2.17. The minimum absolute atomic E-state index is 0.104. The number of carbonyl (C=O) groups excluding carboxylic acids is 2. The van der Waals surface area contributed by atoms with E-state index in [0.29, 0.717) is 23.0 Å². The van der Waals surface area contributed by atoms with Gasteiger partial charge in [0.2, 0.25) is 0 Å². The number of nitrogens with one attached hydrogen (secondary N) is 2. The van der Waals surface area contributed by atoms with Crippen LogP contribution in [-0.2, 0) is 0 Å². The number of hydrogen-bond acceptors (Lipinski definition) is 3. The van der Waals surface area contributed by atoms with Gasteiger partial charge in [0.15, 0.2) is 0 Å². The molecule has 0 atom stereocenters. The number of aromatic nitrogens is 1. The van der Waals surface area contributed by atoms with E-state index in [1.54, 1.807) is 42.6 Å². The Bertz CT molecular complexity index is 949. The van der Waals surface area contributed by atoms with Gasteiger partial charge in [0.1, 0.15) is 5.69 Å². The number of rotatable bonds is 4. The first kappa shape index (κ1) is 16.8. The molecule has 1 aliphatic carbocycles. The molecule has 26 heavy (non-hydrogen) atoms. The number of fused-ring (bicyclic) bond motifs is 1. The van der Waals surface area contributed by atoms with Crippen molar-refractivity contribution in [3.05, 3.63) is 53.0 Å². The van der Waals surface area contributed by atoms with Gasteiger partial charge in [0, 0.05) is 24.3 Å². The van der Waals surface area contributed by atoms with Crippen molar-refractivity contribution in [2.24, 2.45) is 0 Å². The van der Waals surface area contributed by atoms with Crippen molar-refractivity contribution in [1.82, 2.24) is 9.88 Å². The maximum absolute atomic E-state index is 12.9. The number of nitrogens with zero attached hydrogens (tertiary/aromatic N) is 1. The Kier molecular flexibility index (Phi) is 4.51. The van der Waals surface area contributed by atoms with Gasteiger partial charge >= 0.3 is 0 Å². The molecular formula is C20H21N3O2S. The minimum Gasteiger partial charge on any atom is -0.355 e. The fourth-order valence-corrected chi connectivity index (χ4v) is 4.53. The van der Waals surface area contributed by atoms with Crippen molar-refractivity contribution < 1.29 is 9.59 Å². The van der Waals surface area contributed by atoms with Crippen molar-refractivity contribution in [1.29, 1.82) is 0 Å². The molecule has 1 saturated carbocycles. The van der Waals surface area contributed by atoms with Crippen LogP contribution in [0, 0.1) is 0 Å². The normalized spacial score (nSPS) is 14.7. The van der Waals surface area contributed by atoms with Crippen LogP contribution in [0.5, 0.6) is 0 Å². The Morgan fingerprint density at radius 1 is 1.08 bits per heavy atom. The van der Waals surface area contributed by atoms with Crippen LogP contribution in [0.3, 0.4) is 0 Å². The molecule has 2 aromatic heterocycles. The molecule has 1 aliphatic rings. The lowest BCUT2D eigenvalue weighted by molar-refractivity contribution is 0.0962. The monoisotopic (exact) mass is 367 g/mol. The smallest absolute Gasteiger partial charge is 0.272 e. The first-order chi connectivity index (χ1) is 12.7. The van der Waals surface area contributed by atoms with Crippen molar-refractivity contribution in [2.45, 2.75) is 31.7 Å². The van der Waals surface area contributed by atoms with E-state index >= 15 is 0 Å². The van der Waals surface area contributed by atoms with Crippen LogP contribution in [0.25, 0.3) is 10.2 Å². The van der Waals surface area contributed by atoms with Gasteiger partial charge < -0.3 is 15.2 Å². The summed E-state index contributed by atoms with van der Waals surface area (Å²) < 4.78 is 3.37. The van der Waals surface area contributed by atoms with E-state index < -0.39 is 0 Å². The van der Waals surface area contributed by atoms with Gasteiger partial charge in [-0.15, -0.1) is 11.3 Å². The molecule has 2 N–H and O–H groups in total. The SMILES string of the molecule is CNC(=O)c1ccc(NC(=O)c2cc3sccc3n2C2CCCC2)cc1. The predicted molar refractivity (Wildman–Crippen MR) is 105 cm³/mol. The van der Waals surface area contributed by atoms with E-state index in [0.717, 1.165) is 23.1 Å². The number of amides is 2. The maximum Gasteiger partial charge on any atom is 0.272 e. The molecule has 134 valence electrons. The highest BCUT2D eigenvalue weighted by molar-refractivity contribution is 7.17. The first-order valence-electron chi connectivity index (χ1n) is 8.89. The van der Waals surface area contributed by atoms with E-state index in [9.17, 15) is 9.59 Å². The lowest BCUT2D eigenvalue weighted by Crippen LogP contribution is -2.20. The molecule has 1 aromatic carbocycles. The average Bonchev–Trinajstić information content (AvgIpc) is 3.38. The van der Waals surface area contributed by atoms with Gasteiger partial charge in [-0.1, -0.05) is 12.8 Å². The molecule has 2 heterocycles. The fourth-order valence-electron chi connectivity index (χ4n) is 3.72. The predicted octanol–water partition coefficient (Wildman–Crippen LogP) is 4.43. The zero-order valence-corrected chi connectivity index (χ0v) is 15.4. The van der Waals surface area contributed by atoms with Crippen LogP contribution in [0.4, 0.5) is 5.69 Å². The quantitative estimate of drug-likeness (QED) is 0.716. The molecule has 0 bridgehead atoms. The number of hydrogen-bond donors (Lipinski definition) is 2. The zero-order chi connectivity index (χ0) is 18.1. The van der Waals surface area contributed by atoms with Gasteiger partial charge in [0.05, 0.1) is 10.2 Å². The van der Waals surface area contributed by atoms with Crippen LogP contribution < -0.4 is 10.6 Å². The largest absolute Gasteiger partial charge is 0.355 e. The maximum atomic E-state index is 12.9. The van der Waals surface area contributed by atoms with Crippen LogP contribution in [-0.4, -0.2) is 23.4 Å². The topological polar surface area (TPSA) is 63.1 Å². The molecule has 3 aromatic rings. The lowest BCUT2D eigenvalue weighted by atomic mass is 10.2. The highest BCUT2D eigenvalue weighted by Crippen LogP contribution is 2.36. The van der Waals surface area contributed by atoms with Gasteiger partial charge in [-0.05, 0) is 54.6 Å². The number of thiophene rings is 1.